The van der Waals surface area contributed by atoms with Crippen LogP contribution in [0.5, 0.6) is 0 Å². The standard InChI is InChI=1S/C18H26N4O2/c1-3-20(4-2)13-16-7-8-17(24-16)18(23)21-10-5-6-15(12-21)22-11-9-19-14-22/h7-9,11,14-15H,3-6,10,12-13H2,1-2H3. The van der Waals surface area contributed by atoms with Crippen LogP contribution in [0.3, 0.4) is 0 Å². The van der Waals surface area contributed by atoms with Crippen LogP contribution in [-0.2, 0) is 6.54 Å². The van der Waals surface area contributed by atoms with Gasteiger partial charge in [-0.05, 0) is 38.1 Å². The van der Waals surface area contributed by atoms with Crippen LogP contribution in [0.15, 0.2) is 35.3 Å². The van der Waals surface area contributed by atoms with Crippen LogP contribution in [-0.4, -0.2) is 51.4 Å². The Bertz CT molecular complexity index is 646. The van der Waals surface area contributed by atoms with E-state index in [1.165, 1.54) is 0 Å². The summed E-state index contributed by atoms with van der Waals surface area (Å²) < 4.78 is 7.90. The number of aromatic nitrogens is 2. The van der Waals surface area contributed by atoms with Gasteiger partial charge in [-0.1, -0.05) is 13.8 Å². The molecule has 1 saturated heterocycles. The van der Waals surface area contributed by atoms with Crippen molar-refractivity contribution in [2.75, 3.05) is 26.2 Å². The van der Waals surface area contributed by atoms with Crippen LogP contribution in [0, 0.1) is 0 Å². The summed E-state index contributed by atoms with van der Waals surface area (Å²) >= 11 is 0. The van der Waals surface area contributed by atoms with Gasteiger partial charge in [0.05, 0.1) is 18.9 Å². The predicted molar refractivity (Wildman–Crippen MR) is 91.7 cm³/mol. The molecule has 24 heavy (non-hydrogen) atoms. The average Bonchev–Trinajstić information content (AvgIpc) is 3.31. The molecular weight excluding hydrogens is 304 g/mol. The van der Waals surface area contributed by atoms with Crippen molar-refractivity contribution >= 4 is 5.91 Å². The zero-order valence-corrected chi connectivity index (χ0v) is 14.5. The molecule has 130 valence electrons. The first kappa shape index (κ1) is 16.8. The van der Waals surface area contributed by atoms with Gasteiger partial charge in [0.2, 0.25) is 0 Å². The smallest absolute Gasteiger partial charge is 0.289 e. The highest BCUT2D eigenvalue weighted by atomic mass is 16.4. The van der Waals surface area contributed by atoms with Gasteiger partial charge in [-0.2, -0.15) is 0 Å². The number of imidazole rings is 1. The zero-order valence-electron chi connectivity index (χ0n) is 14.5. The summed E-state index contributed by atoms with van der Waals surface area (Å²) in [6.45, 7) is 8.44. The fraction of sp³-hybridized carbons (Fsp3) is 0.556. The van der Waals surface area contributed by atoms with Crippen LogP contribution in [0.2, 0.25) is 0 Å². The quantitative estimate of drug-likeness (QED) is 0.817. The number of likely N-dealkylation sites (tertiary alicyclic amines) is 1. The van der Waals surface area contributed by atoms with Crippen molar-refractivity contribution in [3.05, 3.63) is 42.4 Å². The Morgan fingerprint density at radius 1 is 1.38 bits per heavy atom. The third kappa shape index (κ3) is 3.70. The van der Waals surface area contributed by atoms with E-state index in [-0.39, 0.29) is 5.91 Å². The van der Waals surface area contributed by atoms with Crippen LogP contribution >= 0.6 is 0 Å². The Kier molecular flexibility index (Phi) is 5.35. The van der Waals surface area contributed by atoms with Gasteiger partial charge in [-0.25, -0.2) is 4.98 Å². The van der Waals surface area contributed by atoms with Gasteiger partial charge < -0.3 is 13.9 Å². The first-order valence-electron chi connectivity index (χ1n) is 8.79. The highest BCUT2D eigenvalue weighted by molar-refractivity contribution is 5.91. The summed E-state index contributed by atoms with van der Waals surface area (Å²) in [7, 11) is 0. The Balaban J connectivity index is 1.64. The van der Waals surface area contributed by atoms with E-state index in [9.17, 15) is 4.79 Å². The summed E-state index contributed by atoms with van der Waals surface area (Å²) in [6.07, 6.45) is 7.65. The molecule has 0 N–H and O–H groups in total. The maximum Gasteiger partial charge on any atom is 0.289 e. The number of rotatable bonds is 6. The van der Waals surface area contributed by atoms with Crippen molar-refractivity contribution in [2.45, 2.75) is 39.3 Å². The van der Waals surface area contributed by atoms with Crippen molar-refractivity contribution in [3.63, 3.8) is 0 Å². The molecule has 0 saturated carbocycles. The minimum atomic E-state index is -0.00869. The molecule has 6 heteroatoms. The second-order valence-electron chi connectivity index (χ2n) is 6.28. The maximum absolute atomic E-state index is 12.7. The highest BCUT2D eigenvalue weighted by Crippen LogP contribution is 2.23. The van der Waals surface area contributed by atoms with E-state index in [1.54, 1.807) is 6.20 Å². The Hall–Kier alpha value is -2.08. The molecule has 0 spiro atoms. The molecule has 1 aliphatic heterocycles. The molecule has 0 bridgehead atoms. The van der Waals surface area contributed by atoms with Gasteiger partial charge >= 0.3 is 0 Å². The minimum Gasteiger partial charge on any atom is -0.455 e. The molecule has 0 aliphatic carbocycles. The molecule has 1 atom stereocenters. The molecule has 3 rings (SSSR count). The van der Waals surface area contributed by atoms with Gasteiger partial charge in [-0.3, -0.25) is 9.69 Å². The third-order valence-electron chi connectivity index (χ3n) is 4.78. The summed E-state index contributed by atoms with van der Waals surface area (Å²) in [5.74, 6) is 1.29. The molecule has 1 aliphatic rings. The highest BCUT2D eigenvalue weighted by Gasteiger charge is 2.27. The fourth-order valence-corrected chi connectivity index (χ4v) is 3.27. The number of carbonyl (C=O) groups is 1. The topological polar surface area (TPSA) is 54.5 Å². The van der Waals surface area contributed by atoms with Crippen LogP contribution in [0.1, 0.15) is 49.0 Å². The Morgan fingerprint density at radius 3 is 2.92 bits per heavy atom. The first-order chi connectivity index (χ1) is 11.7. The molecule has 1 unspecified atom stereocenters. The van der Waals surface area contributed by atoms with E-state index in [4.69, 9.17) is 4.42 Å². The van der Waals surface area contributed by atoms with Crippen molar-refractivity contribution in [1.29, 1.82) is 0 Å². The van der Waals surface area contributed by atoms with Gasteiger partial charge in [0.15, 0.2) is 5.76 Å². The van der Waals surface area contributed by atoms with Crippen molar-refractivity contribution in [2.24, 2.45) is 0 Å². The van der Waals surface area contributed by atoms with Crippen LogP contribution in [0.25, 0.3) is 0 Å². The van der Waals surface area contributed by atoms with E-state index < -0.39 is 0 Å². The van der Waals surface area contributed by atoms with E-state index in [1.807, 2.05) is 29.6 Å². The number of nitrogens with zero attached hydrogens (tertiary/aromatic N) is 4. The van der Waals surface area contributed by atoms with E-state index in [2.05, 4.69) is 28.3 Å². The predicted octanol–water partition coefficient (Wildman–Crippen LogP) is 2.80. The molecule has 0 aromatic carbocycles. The summed E-state index contributed by atoms with van der Waals surface area (Å²) in [4.78, 5) is 21.0. The lowest BCUT2D eigenvalue weighted by Crippen LogP contribution is -2.40. The van der Waals surface area contributed by atoms with Crippen LogP contribution in [0.4, 0.5) is 0 Å². The monoisotopic (exact) mass is 330 g/mol. The summed E-state index contributed by atoms with van der Waals surface area (Å²) in [6, 6.07) is 4.03. The number of hydrogen-bond acceptors (Lipinski definition) is 4. The number of carbonyl (C=O) groups excluding carboxylic acids is 1. The second-order valence-corrected chi connectivity index (χ2v) is 6.28. The lowest BCUT2D eigenvalue weighted by atomic mass is 10.1. The normalized spacial score (nSPS) is 18.3. The van der Waals surface area contributed by atoms with Crippen molar-refractivity contribution in [1.82, 2.24) is 19.4 Å². The number of amides is 1. The summed E-state index contributed by atoms with van der Waals surface area (Å²) in [5, 5.41) is 0. The second kappa shape index (κ2) is 7.66. The number of furan rings is 1. The van der Waals surface area contributed by atoms with Gasteiger partial charge in [0, 0.05) is 25.5 Å². The molecular formula is C18H26N4O2. The minimum absolute atomic E-state index is 0.00869. The average molecular weight is 330 g/mol. The Morgan fingerprint density at radius 2 is 2.21 bits per heavy atom. The van der Waals surface area contributed by atoms with Crippen LogP contribution < -0.4 is 0 Å². The lowest BCUT2D eigenvalue weighted by molar-refractivity contribution is 0.0644. The third-order valence-corrected chi connectivity index (χ3v) is 4.78. The van der Waals surface area contributed by atoms with E-state index in [0.717, 1.165) is 44.8 Å². The molecule has 1 amide bonds. The van der Waals surface area contributed by atoms with E-state index >= 15 is 0 Å². The lowest BCUT2D eigenvalue weighted by Gasteiger charge is -2.32. The van der Waals surface area contributed by atoms with E-state index in [0.29, 0.717) is 18.3 Å². The molecule has 2 aromatic heterocycles. The number of hydrogen-bond donors (Lipinski definition) is 0. The molecule has 2 aromatic rings. The summed E-state index contributed by atoms with van der Waals surface area (Å²) in [5.41, 5.74) is 0. The van der Waals surface area contributed by atoms with Gasteiger partial charge in [0.1, 0.15) is 5.76 Å². The first-order valence-corrected chi connectivity index (χ1v) is 8.79. The number of piperidine rings is 1. The molecule has 1 fully saturated rings. The Labute approximate surface area is 143 Å². The van der Waals surface area contributed by atoms with Crippen molar-refractivity contribution < 1.29 is 9.21 Å². The van der Waals surface area contributed by atoms with Gasteiger partial charge in [-0.15, -0.1) is 0 Å². The largest absolute Gasteiger partial charge is 0.455 e. The molecule has 3 heterocycles. The van der Waals surface area contributed by atoms with Gasteiger partial charge in [0.25, 0.3) is 5.91 Å². The zero-order chi connectivity index (χ0) is 16.9. The maximum atomic E-state index is 12.7. The van der Waals surface area contributed by atoms with Crippen molar-refractivity contribution in [3.8, 4) is 0 Å². The fourth-order valence-electron chi connectivity index (χ4n) is 3.27. The SMILES string of the molecule is CCN(CC)Cc1ccc(C(=O)N2CCCC(n3ccnc3)C2)o1. The molecule has 0 radical (unpaired) electrons. The molecule has 6 nitrogen and oxygen atoms in total.